The normalized spacial score (nSPS) is 13.2. The Morgan fingerprint density at radius 2 is 2.07 bits per heavy atom. The van der Waals surface area contributed by atoms with Gasteiger partial charge in [-0.2, -0.15) is 0 Å². The summed E-state index contributed by atoms with van der Waals surface area (Å²) >= 11 is 8.40. The molecule has 0 aliphatic carbocycles. The summed E-state index contributed by atoms with van der Waals surface area (Å²) in [6.07, 6.45) is 0. The predicted molar refractivity (Wildman–Crippen MR) is 75.4 cm³/mol. The van der Waals surface area contributed by atoms with Crippen LogP contribution in [0.15, 0.2) is 18.2 Å². The summed E-state index contributed by atoms with van der Waals surface area (Å²) in [4.78, 5) is 0. The molecule has 1 aromatic rings. The highest BCUT2D eigenvalue weighted by Gasteiger charge is 2.17. The van der Waals surface area contributed by atoms with Crippen LogP contribution in [0.2, 0.25) is 5.02 Å². The average molecular weight is 338 g/mol. The maximum Gasteiger partial charge on any atom is 0.0410 e. The molecule has 0 fully saturated rings. The summed E-state index contributed by atoms with van der Waals surface area (Å²) in [6, 6.07) is 6.47. The van der Waals surface area contributed by atoms with Gasteiger partial charge < -0.3 is 5.32 Å². The van der Waals surface area contributed by atoms with E-state index in [1.807, 2.05) is 6.07 Å². The number of hydrogen-bond donors (Lipinski definition) is 1. The minimum Gasteiger partial charge on any atom is -0.310 e. The van der Waals surface area contributed by atoms with E-state index in [4.69, 9.17) is 11.6 Å². The van der Waals surface area contributed by atoms with Crippen molar-refractivity contribution in [2.24, 2.45) is 5.92 Å². The topological polar surface area (TPSA) is 12.0 Å². The first-order valence-corrected chi connectivity index (χ1v) is 6.70. The van der Waals surface area contributed by atoms with Crippen LogP contribution in [0.3, 0.4) is 0 Å². The molecule has 0 radical (unpaired) electrons. The first kappa shape index (κ1) is 13.3. The molecule has 3 heteroatoms. The van der Waals surface area contributed by atoms with E-state index in [1.54, 1.807) is 0 Å². The highest BCUT2D eigenvalue weighted by Crippen LogP contribution is 2.28. The number of halogens is 2. The Morgan fingerprint density at radius 1 is 1.40 bits per heavy atom. The Morgan fingerprint density at radius 3 is 2.60 bits per heavy atom. The third kappa shape index (κ3) is 3.61. The van der Waals surface area contributed by atoms with Gasteiger partial charge in [-0.05, 0) is 58.8 Å². The molecule has 0 aliphatic heterocycles. The van der Waals surface area contributed by atoms with Crippen molar-refractivity contribution >= 4 is 34.2 Å². The lowest BCUT2D eigenvalue weighted by atomic mass is 9.96. The number of benzene rings is 1. The van der Waals surface area contributed by atoms with Gasteiger partial charge in [-0.15, -0.1) is 0 Å². The number of rotatable bonds is 4. The van der Waals surface area contributed by atoms with Gasteiger partial charge in [0.25, 0.3) is 0 Å². The summed E-state index contributed by atoms with van der Waals surface area (Å²) in [5.74, 6) is 0.567. The molecule has 0 spiro atoms. The summed E-state index contributed by atoms with van der Waals surface area (Å²) in [6.45, 7) is 7.56. The summed E-state index contributed by atoms with van der Waals surface area (Å²) in [5, 5.41) is 4.32. The zero-order valence-electron chi connectivity index (χ0n) is 9.35. The Kier molecular flexibility index (Phi) is 5.36. The average Bonchev–Trinajstić information content (AvgIpc) is 2.18. The molecule has 0 aliphatic rings. The van der Waals surface area contributed by atoms with Crippen LogP contribution in [0.1, 0.15) is 32.4 Å². The van der Waals surface area contributed by atoms with Crippen molar-refractivity contribution in [2.75, 3.05) is 6.54 Å². The molecule has 0 heterocycles. The third-order valence-electron chi connectivity index (χ3n) is 2.38. The fourth-order valence-electron chi connectivity index (χ4n) is 1.68. The maximum atomic E-state index is 6.03. The van der Waals surface area contributed by atoms with Gasteiger partial charge in [-0.1, -0.05) is 32.4 Å². The molecule has 1 aromatic carbocycles. The molecule has 1 N–H and O–H groups in total. The van der Waals surface area contributed by atoms with E-state index in [0.717, 1.165) is 11.6 Å². The first-order chi connectivity index (χ1) is 7.06. The second kappa shape index (κ2) is 6.06. The SMILES string of the molecule is CCNC(c1cc(Cl)ccc1I)C(C)C. The zero-order chi connectivity index (χ0) is 11.4. The summed E-state index contributed by atoms with van der Waals surface area (Å²) in [7, 11) is 0. The minimum absolute atomic E-state index is 0.389. The molecule has 15 heavy (non-hydrogen) atoms. The van der Waals surface area contributed by atoms with E-state index >= 15 is 0 Å². The Hall–Kier alpha value is 0.200. The molecule has 0 bridgehead atoms. The molecule has 1 rings (SSSR count). The molecule has 1 unspecified atom stereocenters. The molecule has 84 valence electrons. The van der Waals surface area contributed by atoms with Crippen molar-refractivity contribution in [3.8, 4) is 0 Å². The van der Waals surface area contributed by atoms with E-state index in [0.29, 0.717) is 12.0 Å². The van der Waals surface area contributed by atoms with Crippen molar-refractivity contribution in [1.29, 1.82) is 0 Å². The molecule has 1 nitrogen and oxygen atoms in total. The van der Waals surface area contributed by atoms with E-state index in [-0.39, 0.29) is 0 Å². The Labute approximate surface area is 111 Å². The van der Waals surface area contributed by atoms with Gasteiger partial charge in [0.15, 0.2) is 0 Å². The quantitative estimate of drug-likeness (QED) is 0.810. The van der Waals surface area contributed by atoms with Crippen LogP contribution < -0.4 is 5.32 Å². The van der Waals surface area contributed by atoms with Crippen LogP contribution in [0, 0.1) is 9.49 Å². The van der Waals surface area contributed by atoms with E-state index in [2.05, 4.69) is 60.8 Å². The molecule has 0 amide bonds. The van der Waals surface area contributed by atoms with Gasteiger partial charge in [0.05, 0.1) is 0 Å². The fraction of sp³-hybridized carbons (Fsp3) is 0.500. The predicted octanol–water partition coefficient (Wildman–Crippen LogP) is 4.25. The zero-order valence-corrected chi connectivity index (χ0v) is 12.3. The van der Waals surface area contributed by atoms with Gasteiger partial charge in [-0.25, -0.2) is 0 Å². The van der Waals surface area contributed by atoms with Crippen LogP contribution in [0.4, 0.5) is 0 Å². The van der Waals surface area contributed by atoms with Crippen molar-refractivity contribution < 1.29 is 0 Å². The lowest BCUT2D eigenvalue weighted by Gasteiger charge is -2.23. The molecular formula is C12H17ClIN. The standard InChI is InChI=1S/C12H17ClIN/c1-4-15-12(8(2)3)10-7-9(13)5-6-11(10)14/h5-8,12,15H,4H2,1-3H3. The van der Waals surface area contributed by atoms with Crippen LogP contribution in [0.25, 0.3) is 0 Å². The third-order valence-corrected chi connectivity index (χ3v) is 3.60. The van der Waals surface area contributed by atoms with Gasteiger partial charge in [0.2, 0.25) is 0 Å². The highest BCUT2D eigenvalue weighted by molar-refractivity contribution is 14.1. The lowest BCUT2D eigenvalue weighted by molar-refractivity contribution is 0.420. The number of nitrogens with one attached hydrogen (secondary N) is 1. The first-order valence-electron chi connectivity index (χ1n) is 5.24. The lowest BCUT2D eigenvalue weighted by Crippen LogP contribution is -2.26. The van der Waals surface area contributed by atoms with E-state index < -0.39 is 0 Å². The second-order valence-corrected chi connectivity index (χ2v) is 5.54. The molecule has 0 aromatic heterocycles. The van der Waals surface area contributed by atoms with Crippen molar-refractivity contribution in [1.82, 2.24) is 5.32 Å². The van der Waals surface area contributed by atoms with Crippen LogP contribution >= 0.6 is 34.2 Å². The van der Waals surface area contributed by atoms with Crippen molar-refractivity contribution in [3.05, 3.63) is 32.4 Å². The molecular weight excluding hydrogens is 320 g/mol. The smallest absolute Gasteiger partial charge is 0.0410 e. The van der Waals surface area contributed by atoms with Crippen LogP contribution in [-0.4, -0.2) is 6.54 Å². The van der Waals surface area contributed by atoms with Crippen molar-refractivity contribution in [2.45, 2.75) is 26.8 Å². The van der Waals surface area contributed by atoms with Gasteiger partial charge in [0, 0.05) is 14.6 Å². The maximum absolute atomic E-state index is 6.03. The van der Waals surface area contributed by atoms with Gasteiger partial charge >= 0.3 is 0 Å². The summed E-state index contributed by atoms with van der Waals surface area (Å²) in [5.41, 5.74) is 1.31. The molecule has 1 atom stereocenters. The van der Waals surface area contributed by atoms with Crippen LogP contribution in [-0.2, 0) is 0 Å². The molecule has 0 saturated heterocycles. The fourth-order valence-corrected chi connectivity index (χ4v) is 2.53. The van der Waals surface area contributed by atoms with Gasteiger partial charge in [0.1, 0.15) is 0 Å². The Bertz CT molecular complexity index is 325. The second-order valence-electron chi connectivity index (χ2n) is 3.95. The van der Waals surface area contributed by atoms with Gasteiger partial charge in [-0.3, -0.25) is 0 Å². The summed E-state index contributed by atoms with van der Waals surface area (Å²) < 4.78 is 1.27. The largest absolute Gasteiger partial charge is 0.310 e. The van der Waals surface area contributed by atoms with E-state index in [9.17, 15) is 0 Å². The van der Waals surface area contributed by atoms with E-state index in [1.165, 1.54) is 9.13 Å². The molecule has 0 saturated carbocycles. The van der Waals surface area contributed by atoms with Crippen LogP contribution in [0.5, 0.6) is 0 Å². The minimum atomic E-state index is 0.389. The highest BCUT2D eigenvalue weighted by atomic mass is 127. The monoisotopic (exact) mass is 337 g/mol. The van der Waals surface area contributed by atoms with Crippen molar-refractivity contribution in [3.63, 3.8) is 0 Å². The Balaban J connectivity index is 3.04. The number of hydrogen-bond acceptors (Lipinski definition) is 1.